The van der Waals surface area contributed by atoms with E-state index in [-0.39, 0.29) is 47.5 Å². The molecule has 0 aliphatic rings. The Morgan fingerprint density at radius 1 is 1.26 bits per heavy atom. The number of ether oxygens (including phenoxy) is 3. The van der Waals surface area contributed by atoms with Gasteiger partial charge >= 0.3 is 47.5 Å². The van der Waals surface area contributed by atoms with Gasteiger partial charge in [0.15, 0.2) is 0 Å². The molecule has 1 heterocycles. The van der Waals surface area contributed by atoms with Gasteiger partial charge in [0.25, 0.3) is 0 Å². The van der Waals surface area contributed by atoms with Gasteiger partial charge in [-0.25, -0.2) is 14.6 Å². The number of nitrogens with two attached hydrogens (primary N) is 1. The second kappa shape index (κ2) is 19.4. The first-order chi connectivity index (χ1) is 14.1. The molecule has 0 spiro atoms. The van der Waals surface area contributed by atoms with Crippen molar-refractivity contribution in [1.82, 2.24) is 14.5 Å². The Morgan fingerprint density at radius 3 is 2.13 bits per heavy atom. The van der Waals surface area contributed by atoms with Crippen molar-refractivity contribution in [2.24, 2.45) is 7.05 Å². The third-order valence-corrected chi connectivity index (χ3v) is 3.23. The molecule has 12 nitrogen and oxygen atoms in total. The summed E-state index contributed by atoms with van der Waals surface area (Å²) in [6.45, 7) is 4.04. The summed E-state index contributed by atoms with van der Waals surface area (Å²) in [6.07, 6.45) is 3.41. The molecule has 1 aromatic heterocycles. The van der Waals surface area contributed by atoms with E-state index in [0.29, 0.717) is 31.1 Å². The van der Waals surface area contributed by atoms with Crippen molar-refractivity contribution in [3.8, 4) is 0 Å². The van der Waals surface area contributed by atoms with Crippen molar-refractivity contribution in [3.05, 3.63) is 23.8 Å². The van der Waals surface area contributed by atoms with Crippen molar-refractivity contribution in [3.63, 3.8) is 0 Å². The summed E-state index contributed by atoms with van der Waals surface area (Å²) < 4.78 is 14.8. The van der Waals surface area contributed by atoms with Crippen molar-refractivity contribution in [1.29, 1.82) is 0 Å². The summed E-state index contributed by atoms with van der Waals surface area (Å²) in [7, 11) is 5.48. The average molecular weight is 452 g/mol. The third kappa shape index (κ3) is 13.4. The van der Waals surface area contributed by atoms with Crippen LogP contribution in [0.2, 0.25) is 0 Å². The zero-order valence-corrected chi connectivity index (χ0v) is 21.0. The molecule has 0 aliphatic heterocycles. The molecule has 0 fully saturated rings. The molecule has 0 aliphatic carbocycles. The zero-order chi connectivity index (χ0) is 23.7. The molecule has 0 aromatic carbocycles. The first-order valence-electron chi connectivity index (χ1n) is 8.74. The van der Waals surface area contributed by atoms with E-state index in [1.165, 1.54) is 24.9 Å². The fourth-order valence-corrected chi connectivity index (χ4v) is 1.56. The minimum Gasteiger partial charge on any atom is -0.876 e. The van der Waals surface area contributed by atoms with Crippen LogP contribution >= 0.6 is 0 Å². The van der Waals surface area contributed by atoms with Gasteiger partial charge in [-0.3, -0.25) is 9.59 Å². The summed E-state index contributed by atoms with van der Waals surface area (Å²) in [4.78, 5) is 46.7. The Balaban J connectivity index is -0.000000387. The predicted octanol–water partition coefficient (Wildman–Crippen LogP) is -3.41. The quantitative estimate of drug-likeness (QED) is 0.110. The zero-order valence-electron chi connectivity index (χ0n) is 19.0. The molecule has 0 saturated carbocycles. The molecule has 1 amide bonds. The number of nitrogen functional groups attached to an aromatic ring is 1. The molecule has 2 N–H and O–H groups in total. The van der Waals surface area contributed by atoms with E-state index in [1.807, 2.05) is 6.92 Å². The SMILES string of the molecule is CCCC(=O)OC.CCOC(=O)c1cnc(N)n1C.COC(=O)/C(=C\[O-])N(C)C=O.[Na+]. The van der Waals surface area contributed by atoms with Crippen molar-refractivity contribution >= 4 is 30.3 Å². The number of esters is 3. The van der Waals surface area contributed by atoms with Gasteiger partial charge in [0.2, 0.25) is 12.4 Å². The van der Waals surface area contributed by atoms with Gasteiger partial charge in [0, 0.05) is 20.5 Å². The van der Waals surface area contributed by atoms with E-state index in [0.717, 1.165) is 18.4 Å². The topological polar surface area (TPSA) is 166 Å². The average Bonchev–Trinajstić information content (AvgIpc) is 3.08. The van der Waals surface area contributed by atoms with Crippen LogP contribution in [0.3, 0.4) is 0 Å². The van der Waals surface area contributed by atoms with Crippen LogP contribution in [-0.2, 0) is 35.6 Å². The second-order valence-corrected chi connectivity index (χ2v) is 5.32. The molecule has 31 heavy (non-hydrogen) atoms. The summed E-state index contributed by atoms with van der Waals surface area (Å²) in [6, 6.07) is 0. The van der Waals surface area contributed by atoms with Crippen molar-refractivity contribution in [2.75, 3.05) is 33.6 Å². The minimum atomic E-state index is -0.824. The largest absolute Gasteiger partial charge is 1.00 e. The fraction of sp³-hybridized carbons (Fsp3) is 0.500. The molecule has 0 radical (unpaired) electrons. The number of likely N-dealkylation sites (N-methyl/N-ethyl adjacent to an activating group) is 1. The first kappa shape index (κ1) is 33.1. The number of anilines is 1. The Morgan fingerprint density at radius 2 is 1.84 bits per heavy atom. The predicted molar refractivity (Wildman–Crippen MR) is 104 cm³/mol. The molecule has 13 heteroatoms. The molecule has 1 aromatic rings. The molecule has 170 valence electrons. The molecular formula is C18H29N4NaO8. The van der Waals surface area contributed by atoms with Crippen LogP contribution in [0, 0.1) is 0 Å². The molecule has 0 atom stereocenters. The fourth-order valence-electron chi connectivity index (χ4n) is 1.56. The van der Waals surface area contributed by atoms with E-state index >= 15 is 0 Å². The van der Waals surface area contributed by atoms with Crippen LogP contribution in [0.5, 0.6) is 0 Å². The van der Waals surface area contributed by atoms with Crippen LogP contribution in [0.15, 0.2) is 18.2 Å². The number of rotatable bonds is 7. The van der Waals surface area contributed by atoms with Gasteiger partial charge in [-0.1, -0.05) is 6.92 Å². The van der Waals surface area contributed by atoms with E-state index in [2.05, 4.69) is 14.5 Å². The first-order valence-corrected chi connectivity index (χ1v) is 8.74. The van der Waals surface area contributed by atoms with Crippen molar-refractivity contribution < 1.29 is 68.1 Å². The standard InChI is InChI=1S/C7H11N3O2.C6H9NO4.C5H10O2.Na/c1-3-12-6(11)5-4-9-7(8)10(5)2;1-7(4-9)5(3-8)6(10)11-2;1-3-4-5(6)7-2;/h4H,3H2,1-2H3,(H2,8,9);3-4,8H,1-2H3;3-4H2,1-2H3;/q;;;+1/p-1/b;5-3+;;. The summed E-state index contributed by atoms with van der Waals surface area (Å²) in [5, 5.41) is 10.2. The molecule has 0 unspecified atom stereocenters. The summed E-state index contributed by atoms with van der Waals surface area (Å²) in [5.74, 6) is -1.04. The van der Waals surface area contributed by atoms with Crippen LogP contribution in [0.25, 0.3) is 0 Å². The number of imidazole rings is 1. The normalized spacial score (nSPS) is 9.42. The number of aromatic nitrogens is 2. The van der Waals surface area contributed by atoms with Gasteiger partial charge < -0.3 is 34.5 Å². The third-order valence-electron chi connectivity index (χ3n) is 3.23. The van der Waals surface area contributed by atoms with E-state index < -0.39 is 11.9 Å². The van der Waals surface area contributed by atoms with E-state index in [4.69, 9.17) is 10.5 Å². The Kier molecular flexibility index (Phi) is 20.7. The summed E-state index contributed by atoms with van der Waals surface area (Å²) in [5.41, 5.74) is 5.47. The van der Waals surface area contributed by atoms with Gasteiger partial charge in [-0.15, -0.1) is 6.26 Å². The number of hydrogen-bond acceptors (Lipinski definition) is 10. The Bertz CT molecular complexity index is 721. The Hall–Kier alpha value is -2.57. The number of carbonyl (C=O) groups excluding carboxylic acids is 4. The maximum absolute atomic E-state index is 11.1. The minimum absolute atomic E-state index is 0. The van der Waals surface area contributed by atoms with Crippen LogP contribution in [0.4, 0.5) is 5.95 Å². The Labute approximate surface area is 203 Å². The molecule has 0 bridgehead atoms. The monoisotopic (exact) mass is 452 g/mol. The second-order valence-electron chi connectivity index (χ2n) is 5.32. The molecule has 1 rings (SSSR count). The number of methoxy groups -OCH3 is 2. The molecular weight excluding hydrogens is 423 g/mol. The maximum atomic E-state index is 11.1. The maximum Gasteiger partial charge on any atom is 1.00 e. The van der Waals surface area contributed by atoms with Crippen molar-refractivity contribution in [2.45, 2.75) is 26.7 Å². The van der Waals surface area contributed by atoms with E-state index in [1.54, 1.807) is 14.0 Å². The van der Waals surface area contributed by atoms with Gasteiger partial charge in [0.1, 0.15) is 11.4 Å². The van der Waals surface area contributed by atoms with Gasteiger partial charge in [-0.05, 0) is 13.3 Å². The summed E-state index contributed by atoms with van der Waals surface area (Å²) >= 11 is 0. The van der Waals surface area contributed by atoms with Crippen LogP contribution < -0.4 is 40.4 Å². The smallest absolute Gasteiger partial charge is 0.876 e. The number of hydrogen-bond donors (Lipinski definition) is 1. The molecule has 0 saturated heterocycles. The van der Waals surface area contributed by atoms with E-state index in [9.17, 15) is 24.3 Å². The number of nitrogens with zero attached hydrogens (tertiary/aromatic N) is 3. The van der Waals surface area contributed by atoms with Crippen LogP contribution in [-0.4, -0.2) is 66.6 Å². The van der Waals surface area contributed by atoms with Gasteiger partial charge in [0.05, 0.1) is 27.0 Å². The van der Waals surface area contributed by atoms with Crippen LogP contribution in [0.1, 0.15) is 37.2 Å². The number of carbonyl (C=O) groups is 4. The van der Waals surface area contributed by atoms with Gasteiger partial charge in [-0.2, -0.15) is 0 Å². The number of amides is 1.